The first-order valence-corrected chi connectivity index (χ1v) is 4.13. The number of hydrogen-bond donors (Lipinski definition) is 1. The number of nitrogens with two attached hydrogens (primary N) is 1. The Morgan fingerprint density at radius 1 is 1.43 bits per heavy atom. The summed E-state index contributed by atoms with van der Waals surface area (Å²) in [4.78, 5) is 11.0. The van der Waals surface area contributed by atoms with Crippen LogP contribution in [0.4, 0.5) is 14.5 Å². The Bertz CT molecular complexity index is 375. The first-order valence-electron chi connectivity index (χ1n) is 4.13. The van der Waals surface area contributed by atoms with Gasteiger partial charge in [-0.25, -0.2) is 8.78 Å². The topological polar surface area (TPSA) is 43.1 Å². The molecule has 0 aromatic heterocycles. The van der Waals surface area contributed by atoms with E-state index in [2.05, 4.69) is 0 Å². The highest BCUT2D eigenvalue weighted by atomic mass is 19.3. The highest BCUT2D eigenvalue weighted by molar-refractivity contribution is 5.99. The Balaban J connectivity index is 3.41. The molecule has 0 aliphatic carbocycles. The number of hydrogen-bond acceptors (Lipinski definition) is 2. The zero-order valence-electron chi connectivity index (χ0n) is 7.97. The number of carbonyl (C=O) groups excluding carboxylic acids is 1. The summed E-state index contributed by atoms with van der Waals surface area (Å²) in [6.45, 7) is 2.85. The van der Waals surface area contributed by atoms with E-state index < -0.39 is 6.43 Å². The average molecular weight is 199 g/mol. The molecule has 0 fully saturated rings. The maximum atomic E-state index is 12.5. The normalized spacial score (nSPS) is 10.6. The number of aryl methyl sites for hydroxylation is 1. The van der Waals surface area contributed by atoms with Gasteiger partial charge in [0.25, 0.3) is 6.43 Å². The third-order valence-electron chi connectivity index (χ3n) is 2.10. The monoisotopic (exact) mass is 199 g/mol. The molecule has 0 saturated carbocycles. The maximum Gasteiger partial charge on any atom is 0.266 e. The number of anilines is 1. The van der Waals surface area contributed by atoms with Gasteiger partial charge in [-0.2, -0.15) is 0 Å². The summed E-state index contributed by atoms with van der Waals surface area (Å²) in [5.41, 5.74) is 5.71. The van der Waals surface area contributed by atoms with Crippen molar-refractivity contribution in [3.05, 3.63) is 28.8 Å². The zero-order valence-corrected chi connectivity index (χ0v) is 7.97. The van der Waals surface area contributed by atoms with Crippen molar-refractivity contribution in [2.75, 3.05) is 5.73 Å². The van der Waals surface area contributed by atoms with Crippen LogP contribution in [0, 0.1) is 6.92 Å². The van der Waals surface area contributed by atoms with E-state index in [0.29, 0.717) is 5.56 Å². The molecule has 4 heteroatoms. The summed E-state index contributed by atoms with van der Waals surface area (Å²) in [5.74, 6) is -0.301. The molecule has 0 bridgehead atoms. The summed E-state index contributed by atoms with van der Waals surface area (Å²) in [7, 11) is 0. The molecule has 0 amide bonds. The van der Waals surface area contributed by atoms with E-state index in [4.69, 9.17) is 5.73 Å². The molecule has 0 aliphatic heterocycles. The smallest absolute Gasteiger partial charge is 0.266 e. The predicted molar refractivity (Wildman–Crippen MR) is 50.6 cm³/mol. The predicted octanol–water partition coefficient (Wildman–Crippen LogP) is 2.72. The van der Waals surface area contributed by atoms with E-state index in [9.17, 15) is 13.6 Å². The standard InChI is InChI=1S/C10H11F2NO/c1-5-3-4-7(6(2)14)9(13)8(5)10(11)12/h3-4,10H,13H2,1-2H3. The third-order valence-corrected chi connectivity index (χ3v) is 2.10. The number of ketones is 1. The Kier molecular flexibility index (Phi) is 2.84. The number of halogens is 2. The van der Waals surface area contributed by atoms with Gasteiger partial charge in [0.15, 0.2) is 5.78 Å². The van der Waals surface area contributed by atoms with Gasteiger partial charge in [0.2, 0.25) is 0 Å². The van der Waals surface area contributed by atoms with Crippen molar-refractivity contribution >= 4 is 11.5 Å². The highest BCUT2D eigenvalue weighted by Gasteiger charge is 2.18. The molecular formula is C10H11F2NO. The van der Waals surface area contributed by atoms with Crippen LogP contribution in [0.1, 0.15) is 34.8 Å². The van der Waals surface area contributed by atoms with Gasteiger partial charge in [0.1, 0.15) is 0 Å². The lowest BCUT2D eigenvalue weighted by atomic mass is 10.0. The molecule has 0 aliphatic rings. The van der Waals surface area contributed by atoms with Gasteiger partial charge in [-0.05, 0) is 25.5 Å². The second kappa shape index (κ2) is 3.74. The second-order valence-electron chi connectivity index (χ2n) is 3.11. The van der Waals surface area contributed by atoms with Crippen LogP contribution in [0.3, 0.4) is 0 Å². The minimum atomic E-state index is -2.64. The van der Waals surface area contributed by atoms with Crippen molar-refractivity contribution < 1.29 is 13.6 Å². The van der Waals surface area contributed by atoms with Crippen LogP contribution in [-0.4, -0.2) is 5.78 Å². The van der Waals surface area contributed by atoms with Crippen LogP contribution in [0.2, 0.25) is 0 Å². The fraction of sp³-hybridized carbons (Fsp3) is 0.300. The van der Waals surface area contributed by atoms with Crippen LogP contribution in [0.5, 0.6) is 0 Å². The van der Waals surface area contributed by atoms with E-state index in [1.807, 2.05) is 0 Å². The van der Waals surface area contributed by atoms with Gasteiger partial charge in [-0.1, -0.05) is 6.07 Å². The van der Waals surface area contributed by atoms with Gasteiger partial charge in [-0.3, -0.25) is 4.79 Å². The van der Waals surface area contributed by atoms with E-state index in [1.54, 1.807) is 6.92 Å². The first kappa shape index (κ1) is 10.6. The fourth-order valence-electron chi connectivity index (χ4n) is 1.34. The lowest BCUT2D eigenvalue weighted by molar-refractivity contribution is 0.101. The molecular weight excluding hydrogens is 188 g/mol. The minimum absolute atomic E-state index is 0.104. The SMILES string of the molecule is CC(=O)c1ccc(C)c(C(F)F)c1N. The molecule has 14 heavy (non-hydrogen) atoms. The first-order chi connectivity index (χ1) is 6.45. The lowest BCUT2D eigenvalue weighted by Gasteiger charge is -2.11. The molecule has 1 aromatic carbocycles. The lowest BCUT2D eigenvalue weighted by Crippen LogP contribution is -2.05. The maximum absolute atomic E-state index is 12.5. The van der Waals surface area contributed by atoms with Gasteiger partial charge in [0.05, 0.1) is 5.69 Å². The summed E-state index contributed by atoms with van der Waals surface area (Å²) < 4.78 is 25.1. The summed E-state index contributed by atoms with van der Waals surface area (Å²) in [6, 6.07) is 2.95. The van der Waals surface area contributed by atoms with Crippen LogP contribution in [-0.2, 0) is 0 Å². The molecule has 1 aromatic rings. The van der Waals surface area contributed by atoms with Crippen molar-refractivity contribution in [2.24, 2.45) is 0 Å². The number of rotatable bonds is 2. The summed E-state index contributed by atoms with van der Waals surface area (Å²) in [6.07, 6.45) is -2.64. The molecule has 1 rings (SSSR count). The van der Waals surface area contributed by atoms with E-state index in [0.717, 1.165) is 0 Å². The molecule has 0 heterocycles. The number of Topliss-reactive ketones (excluding diaryl/α,β-unsaturated/α-hetero) is 1. The Labute approximate surface area is 80.7 Å². The molecule has 0 atom stereocenters. The summed E-state index contributed by atoms with van der Waals surface area (Å²) >= 11 is 0. The summed E-state index contributed by atoms with van der Waals surface area (Å²) in [5, 5.41) is 0. The van der Waals surface area contributed by atoms with Gasteiger partial charge < -0.3 is 5.73 Å². The van der Waals surface area contributed by atoms with Crippen LogP contribution >= 0.6 is 0 Å². The van der Waals surface area contributed by atoms with Gasteiger partial charge >= 0.3 is 0 Å². The number of nitrogen functional groups attached to an aromatic ring is 1. The van der Waals surface area contributed by atoms with Crippen molar-refractivity contribution in [3.8, 4) is 0 Å². The number of benzene rings is 1. The van der Waals surface area contributed by atoms with Crippen LogP contribution in [0.25, 0.3) is 0 Å². The molecule has 2 N–H and O–H groups in total. The second-order valence-corrected chi connectivity index (χ2v) is 3.11. The average Bonchev–Trinajstić information content (AvgIpc) is 2.02. The Morgan fingerprint density at radius 2 is 2.00 bits per heavy atom. The van der Waals surface area contributed by atoms with Crippen molar-refractivity contribution in [2.45, 2.75) is 20.3 Å². The quantitative estimate of drug-likeness (QED) is 0.587. The largest absolute Gasteiger partial charge is 0.398 e. The molecule has 0 radical (unpaired) electrons. The van der Waals surface area contributed by atoms with E-state index in [1.165, 1.54) is 19.1 Å². The van der Waals surface area contributed by atoms with Crippen LogP contribution in [0.15, 0.2) is 12.1 Å². The zero-order chi connectivity index (χ0) is 10.9. The molecule has 76 valence electrons. The van der Waals surface area contributed by atoms with Gasteiger partial charge in [-0.15, -0.1) is 0 Å². The highest BCUT2D eigenvalue weighted by Crippen LogP contribution is 2.30. The van der Waals surface area contributed by atoms with Crippen molar-refractivity contribution in [1.82, 2.24) is 0 Å². The minimum Gasteiger partial charge on any atom is -0.398 e. The van der Waals surface area contributed by atoms with Crippen molar-refractivity contribution in [3.63, 3.8) is 0 Å². The van der Waals surface area contributed by atoms with Crippen LogP contribution < -0.4 is 5.73 Å². The fourth-order valence-corrected chi connectivity index (χ4v) is 1.34. The van der Waals surface area contributed by atoms with Crippen molar-refractivity contribution in [1.29, 1.82) is 0 Å². The van der Waals surface area contributed by atoms with Gasteiger partial charge in [0, 0.05) is 11.1 Å². The molecule has 0 spiro atoms. The Hall–Kier alpha value is -1.45. The number of alkyl halides is 2. The molecule has 0 saturated heterocycles. The molecule has 0 unspecified atom stereocenters. The third kappa shape index (κ3) is 1.73. The van der Waals surface area contributed by atoms with E-state index >= 15 is 0 Å². The number of carbonyl (C=O) groups is 1. The Morgan fingerprint density at radius 3 is 2.43 bits per heavy atom. The molecule has 2 nitrogen and oxygen atoms in total. The van der Waals surface area contributed by atoms with E-state index in [-0.39, 0.29) is 22.6 Å².